The summed E-state index contributed by atoms with van der Waals surface area (Å²) in [6, 6.07) is 5.07. The summed E-state index contributed by atoms with van der Waals surface area (Å²) in [6.45, 7) is 3.77. The van der Waals surface area contributed by atoms with E-state index < -0.39 is 42.9 Å². The second-order valence-corrected chi connectivity index (χ2v) is 8.33. The number of hydrogen-bond acceptors (Lipinski definition) is 9. The van der Waals surface area contributed by atoms with Crippen molar-refractivity contribution in [3.63, 3.8) is 0 Å². The Balaban J connectivity index is 2.18. The summed E-state index contributed by atoms with van der Waals surface area (Å²) in [4.78, 5) is 34.1. The topological polar surface area (TPSA) is 107 Å². The Hall–Kier alpha value is -2.38. The van der Waals surface area contributed by atoms with Gasteiger partial charge in [-0.25, -0.2) is 0 Å². The van der Waals surface area contributed by atoms with Crippen molar-refractivity contribution in [2.24, 2.45) is 0 Å². The fraction of sp³-hybridized carbons (Fsp3) is 0.357. The number of rotatable bonds is 6. The van der Waals surface area contributed by atoms with Crippen LogP contribution >= 0.6 is 0 Å². The van der Waals surface area contributed by atoms with Crippen molar-refractivity contribution in [2.45, 2.75) is 27.4 Å². The summed E-state index contributed by atoms with van der Waals surface area (Å²) in [5.74, 6) is -1.13. The average molecular weight is 386 g/mol. The molecule has 0 spiro atoms. The fourth-order valence-corrected chi connectivity index (χ4v) is 4.89. The maximum absolute atomic E-state index is 11.4. The van der Waals surface area contributed by atoms with Crippen LogP contribution in [0.1, 0.15) is 26.3 Å². The van der Waals surface area contributed by atoms with Crippen LogP contribution in [0.2, 0.25) is 0 Å². The Labute approximate surface area is 147 Å². The Morgan fingerprint density at radius 3 is 2.24 bits per heavy atom. The number of carbonyl (C=O) groups excluding carboxylic acids is 3. The summed E-state index contributed by atoms with van der Waals surface area (Å²) < 4.78 is 31.4. The van der Waals surface area contributed by atoms with Gasteiger partial charge in [0, 0.05) is 26.3 Å². The minimum Gasteiger partial charge on any atom is -0.524 e. The third-order valence-electron chi connectivity index (χ3n) is 2.90. The molecule has 0 saturated heterocycles. The lowest BCUT2D eigenvalue weighted by molar-refractivity contribution is -0.148. The lowest BCUT2D eigenvalue weighted by Crippen LogP contribution is -2.54. The third kappa shape index (κ3) is 5.58. The summed E-state index contributed by atoms with van der Waals surface area (Å²) in [6.07, 6.45) is -0.402. The van der Waals surface area contributed by atoms with Crippen LogP contribution in [-0.2, 0) is 38.7 Å². The lowest BCUT2D eigenvalue weighted by atomic mass is 10.2. The van der Waals surface area contributed by atoms with E-state index in [9.17, 15) is 14.4 Å². The molecule has 11 heteroatoms. The van der Waals surface area contributed by atoms with E-state index in [1.54, 1.807) is 18.2 Å². The van der Waals surface area contributed by atoms with Gasteiger partial charge in [0.2, 0.25) is 0 Å². The summed E-state index contributed by atoms with van der Waals surface area (Å²) in [5, 5.41) is 0. The van der Waals surface area contributed by atoms with Crippen molar-refractivity contribution in [2.75, 3.05) is 6.23 Å². The first kappa shape index (κ1) is 19.0. The first-order valence-corrected chi connectivity index (χ1v) is 10.4. The molecule has 0 fully saturated rings. The molecule has 0 amide bonds. The molecule has 0 radical (unpaired) electrons. The van der Waals surface area contributed by atoms with Gasteiger partial charge in [0.1, 0.15) is 11.5 Å². The summed E-state index contributed by atoms with van der Waals surface area (Å²) in [7, 11) is -5.02. The number of carbonyl (C=O) groups is 3. The Bertz CT molecular complexity index is 635. The molecule has 0 unspecified atom stereocenters. The molecule has 1 aliphatic heterocycles. The zero-order valence-electron chi connectivity index (χ0n) is 14.0. The van der Waals surface area contributed by atoms with Gasteiger partial charge in [-0.1, -0.05) is 0 Å². The van der Waals surface area contributed by atoms with Crippen LogP contribution in [0.25, 0.3) is 0 Å². The number of fused-ring (bicyclic) bond motifs is 1. The van der Waals surface area contributed by atoms with Gasteiger partial charge in [-0.2, -0.15) is 0 Å². The van der Waals surface area contributed by atoms with Gasteiger partial charge < -0.3 is 26.9 Å². The van der Waals surface area contributed by atoms with E-state index in [0.29, 0.717) is 12.4 Å². The van der Waals surface area contributed by atoms with Crippen molar-refractivity contribution in [1.82, 2.24) is 0 Å². The van der Waals surface area contributed by atoms with Gasteiger partial charge in [-0.3, -0.25) is 14.4 Å². The van der Waals surface area contributed by atoms with Gasteiger partial charge in [0.25, 0.3) is 17.9 Å². The molecule has 1 heterocycles. The molecule has 1 aromatic rings. The zero-order valence-corrected chi connectivity index (χ0v) is 16.4. The molecule has 0 N–H and O–H groups in total. The van der Waals surface area contributed by atoms with E-state index in [1.807, 2.05) is 0 Å². The van der Waals surface area contributed by atoms with Crippen molar-refractivity contribution >= 4 is 36.7 Å². The van der Waals surface area contributed by atoms with Crippen LogP contribution in [0.5, 0.6) is 11.5 Å². The first-order chi connectivity index (χ1) is 11.8. The van der Waals surface area contributed by atoms with Crippen LogP contribution in [0.3, 0.4) is 0 Å². The largest absolute Gasteiger partial charge is 0.745 e. The molecule has 2 rings (SSSR count). The highest BCUT2D eigenvalue weighted by Gasteiger charge is 2.53. The van der Waals surface area contributed by atoms with Crippen molar-refractivity contribution in [1.29, 1.82) is 0 Å². The molecule has 0 aliphatic carbocycles. The molecule has 9 nitrogen and oxygen atoms in total. The molecule has 0 saturated carbocycles. The minimum atomic E-state index is -4.03. The highest BCUT2D eigenvalue weighted by Crippen LogP contribution is 2.27. The van der Waals surface area contributed by atoms with E-state index in [1.165, 1.54) is 0 Å². The zero-order chi connectivity index (χ0) is 18.4. The van der Waals surface area contributed by atoms with Crippen molar-refractivity contribution in [3.05, 3.63) is 23.8 Å². The number of hydrogen-bond donors (Lipinski definition) is 0. The monoisotopic (exact) mass is 386 g/mol. The van der Waals surface area contributed by atoms with Crippen LogP contribution in [0, 0.1) is 0 Å². The Morgan fingerprint density at radius 2 is 1.68 bits per heavy atom. The quantitative estimate of drug-likeness (QED) is 0.631. The van der Waals surface area contributed by atoms with Gasteiger partial charge in [-0.05, 0) is 18.2 Å². The Morgan fingerprint density at radius 1 is 1.08 bits per heavy atom. The molecular formula is C14H18O9Si2. The van der Waals surface area contributed by atoms with E-state index in [0.717, 1.165) is 32.1 Å². The standard InChI is InChI=1S/C14H18O9Si2/c1-9(15)21-25(22-10(2)16,23-11(3)17)8-18-13-4-5-14-12(6-13)7-19-24-20-14/h4-6H,7-8,24H2,1-3H3. The minimum absolute atomic E-state index is 0.401. The summed E-state index contributed by atoms with van der Waals surface area (Å²) >= 11 is 0. The molecule has 25 heavy (non-hydrogen) atoms. The molecule has 1 aliphatic rings. The molecule has 1 aromatic carbocycles. The van der Waals surface area contributed by atoms with Gasteiger partial charge in [-0.15, -0.1) is 0 Å². The van der Waals surface area contributed by atoms with E-state index in [-0.39, 0.29) is 0 Å². The molecule has 0 atom stereocenters. The summed E-state index contributed by atoms with van der Waals surface area (Å²) in [5.41, 5.74) is 0.802. The maximum atomic E-state index is 11.4. The highest BCUT2D eigenvalue weighted by molar-refractivity contribution is 6.65. The molecular weight excluding hydrogens is 368 g/mol. The van der Waals surface area contributed by atoms with Gasteiger partial charge in [0.05, 0.1) is 6.61 Å². The van der Waals surface area contributed by atoms with Crippen molar-refractivity contribution in [3.8, 4) is 11.5 Å². The van der Waals surface area contributed by atoms with Crippen LogP contribution in [0.4, 0.5) is 0 Å². The first-order valence-electron chi connectivity index (χ1n) is 7.35. The average Bonchev–Trinajstić information content (AvgIpc) is 2.50. The fourth-order valence-electron chi connectivity index (χ4n) is 2.14. The SMILES string of the molecule is CC(=O)O[Si](COc1ccc2c(c1)CO[SiH2]O2)(OC(C)=O)OC(C)=O. The van der Waals surface area contributed by atoms with Crippen LogP contribution < -0.4 is 9.16 Å². The predicted molar refractivity (Wildman–Crippen MR) is 87.0 cm³/mol. The number of ether oxygens (including phenoxy) is 1. The Kier molecular flexibility index (Phi) is 6.17. The van der Waals surface area contributed by atoms with Crippen LogP contribution in [0.15, 0.2) is 18.2 Å². The van der Waals surface area contributed by atoms with E-state index in [4.69, 9.17) is 26.9 Å². The molecule has 0 bridgehead atoms. The smallest absolute Gasteiger partial charge is 0.524 e. The predicted octanol–water partition coefficient (Wildman–Crippen LogP) is 0.141. The van der Waals surface area contributed by atoms with Crippen LogP contribution in [-0.4, -0.2) is 42.9 Å². The highest BCUT2D eigenvalue weighted by atomic mass is 28.4. The van der Waals surface area contributed by atoms with Gasteiger partial charge in [0.15, 0.2) is 6.23 Å². The van der Waals surface area contributed by atoms with Crippen molar-refractivity contribution < 1.29 is 41.3 Å². The molecule has 0 aromatic heterocycles. The maximum Gasteiger partial charge on any atom is 0.745 e. The second kappa shape index (κ2) is 8.14. The van der Waals surface area contributed by atoms with E-state index in [2.05, 4.69) is 0 Å². The number of benzene rings is 1. The lowest BCUT2D eigenvalue weighted by Gasteiger charge is -2.26. The van der Waals surface area contributed by atoms with E-state index >= 15 is 0 Å². The van der Waals surface area contributed by atoms with Gasteiger partial charge >= 0.3 is 18.8 Å². The normalized spacial score (nSPS) is 14.0. The third-order valence-corrected chi connectivity index (χ3v) is 5.99. The molecule has 136 valence electrons. The second-order valence-electron chi connectivity index (χ2n) is 5.13.